The van der Waals surface area contributed by atoms with Gasteiger partial charge in [0.1, 0.15) is 5.75 Å². The number of likely N-dealkylation sites (N-methyl/N-ethyl adjacent to an activating group) is 1. The van der Waals surface area contributed by atoms with Gasteiger partial charge in [0, 0.05) is 25.3 Å². The van der Waals surface area contributed by atoms with E-state index in [1.165, 1.54) is 0 Å². The minimum atomic E-state index is -0.0361. The molecule has 5 nitrogen and oxygen atoms in total. The first-order chi connectivity index (χ1) is 8.95. The smallest absolute Gasteiger partial charge is 0.260 e. The third kappa shape index (κ3) is 4.52. The lowest BCUT2D eigenvalue weighted by Crippen LogP contribution is -2.36. The molecule has 1 rings (SSSR count). The van der Waals surface area contributed by atoms with Crippen LogP contribution in [0.4, 0.5) is 0 Å². The predicted octanol–water partition coefficient (Wildman–Crippen LogP) is 1.36. The van der Waals surface area contributed by atoms with Crippen molar-refractivity contribution in [3.05, 3.63) is 23.5 Å². The van der Waals surface area contributed by atoms with Crippen molar-refractivity contribution in [2.75, 3.05) is 20.7 Å². The molecule has 0 aliphatic carbocycles. The highest BCUT2D eigenvalue weighted by Gasteiger charge is 2.14. The highest BCUT2D eigenvalue weighted by Crippen LogP contribution is 2.16. The Morgan fingerprint density at radius 2 is 2.16 bits per heavy atom. The molecule has 0 bridgehead atoms. The lowest BCUT2D eigenvalue weighted by molar-refractivity contribution is -0.133. The maximum absolute atomic E-state index is 11.9. The summed E-state index contributed by atoms with van der Waals surface area (Å²) in [7, 11) is 3.63. The van der Waals surface area contributed by atoms with Gasteiger partial charge in [-0.05, 0) is 40.0 Å². The number of pyridine rings is 1. The van der Waals surface area contributed by atoms with E-state index in [0.29, 0.717) is 12.3 Å². The molecule has 0 radical (unpaired) electrons. The van der Waals surface area contributed by atoms with Crippen LogP contribution >= 0.6 is 0 Å². The molecular weight excluding hydrogens is 242 g/mol. The van der Waals surface area contributed by atoms with Gasteiger partial charge >= 0.3 is 0 Å². The van der Waals surface area contributed by atoms with Gasteiger partial charge in [0.15, 0.2) is 6.61 Å². The van der Waals surface area contributed by atoms with Crippen LogP contribution in [0, 0.1) is 6.92 Å². The maximum atomic E-state index is 11.9. The van der Waals surface area contributed by atoms with Crippen molar-refractivity contribution < 1.29 is 9.53 Å². The highest BCUT2D eigenvalue weighted by molar-refractivity contribution is 5.77. The molecule has 0 aliphatic heterocycles. The van der Waals surface area contributed by atoms with Gasteiger partial charge in [0.2, 0.25) is 0 Å². The van der Waals surface area contributed by atoms with E-state index < -0.39 is 0 Å². The minimum absolute atomic E-state index is 0.0361. The monoisotopic (exact) mass is 265 g/mol. The Morgan fingerprint density at radius 3 is 2.74 bits per heavy atom. The molecule has 0 aromatic carbocycles. The van der Waals surface area contributed by atoms with Gasteiger partial charge in [-0.3, -0.25) is 9.78 Å². The van der Waals surface area contributed by atoms with Gasteiger partial charge in [-0.1, -0.05) is 0 Å². The molecule has 0 spiro atoms. The largest absolute Gasteiger partial charge is 0.482 e. The Morgan fingerprint density at radius 1 is 1.47 bits per heavy atom. The normalized spacial score (nSPS) is 10.6. The summed E-state index contributed by atoms with van der Waals surface area (Å²) in [5.41, 5.74) is 1.76. The van der Waals surface area contributed by atoms with Crippen molar-refractivity contribution in [2.24, 2.45) is 0 Å². The molecule has 1 amide bonds. The fourth-order valence-electron chi connectivity index (χ4n) is 1.55. The number of carbonyl (C=O) groups excluding carboxylic acids is 1. The molecule has 0 aliphatic rings. The van der Waals surface area contributed by atoms with Crippen LogP contribution < -0.4 is 10.1 Å². The Kier molecular flexibility index (Phi) is 5.76. The van der Waals surface area contributed by atoms with E-state index in [-0.39, 0.29) is 18.6 Å². The second-order valence-electron chi connectivity index (χ2n) is 4.81. The number of rotatable bonds is 6. The molecule has 1 heterocycles. The summed E-state index contributed by atoms with van der Waals surface area (Å²) in [4.78, 5) is 17.9. The summed E-state index contributed by atoms with van der Waals surface area (Å²) in [6.45, 7) is 6.53. The van der Waals surface area contributed by atoms with E-state index in [1.807, 2.05) is 40.0 Å². The fourth-order valence-corrected chi connectivity index (χ4v) is 1.55. The molecule has 0 saturated heterocycles. The maximum Gasteiger partial charge on any atom is 0.260 e. The van der Waals surface area contributed by atoms with Crippen LogP contribution in [0.2, 0.25) is 0 Å². The number of nitrogens with zero attached hydrogens (tertiary/aromatic N) is 2. The third-order valence-corrected chi connectivity index (χ3v) is 2.94. The summed E-state index contributed by atoms with van der Waals surface area (Å²) in [5, 5.41) is 3.04. The van der Waals surface area contributed by atoms with Gasteiger partial charge in [-0.2, -0.15) is 0 Å². The molecule has 5 heteroatoms. The first-order valence-corrected chi connectivity index (χ1v) is 6.45. The Labute approximate surface area is 115 Å². The SMILES string of the molecule is CNCc1nc(C)ccc1OCC(=O)N(C)C(C)C. The third-order valence-electron chi connectivity index (χ3n) is 2.94. The van der Waals surface area contributed by atoms with Crippen molar-refractivity contribution in [2.45, 2.75) is 33.4 Å². The molecule has 1 aromatic rings. The number of amides is 1. The van der Waals surface area contributed by atoms with Crippen LogP contribution in [0.25, 0.3) is 0 Å². The molecule has 0 unspecified atom stereocenters. The molecule has 0 fully saturated rings. The first kappa shape index (κ1) is 15.4. The molecule has 19 heavy (non-hydrogen) atoms. The minimum Gasteiger partial charge on any atom is -0.482 e. The molecule has 0 saturated carbocycles. The van der Waals surface area contributed by atoms with E-state index in [0.717, 1.165) is 11.4 Å². The van der Waals surface area contributed by atoms with Crippen LogP contribution in [0.15, 0.2) is 12.1 Å². The van der Waals surface area contributed by atoms with Crippen molar-refractivity contribution in [1.29, 1.82) is 0 Å². The number of hydrogen-bond acceptors (Lipinski definition) is 4. The fraction of sp³-hybridized carbons (Fsp3) is 0.571. The number of carbonyl (C=O) groups is 1. The van der Waals surface area contributed by atoms with Gasteiger partial charge in [0.05, 0.1) is 5.69 Å². The Balaban J connectivity index is 2.69. The Hall–Kier alpha value is -1.62. The number of aromatic nitrogens is 1. The zero-order valence-electron chi connectivity index (χ0n) is 12.4. The van der Waals surface area contributed by atoms with Gasteiger partial charge in [0.25, 0.3) is 5.91 Å². The second kappa shape index (κ2) is 7.09. The Bertz CT molecular complexity index is 433. The van der Waals surface area contributed by atoms with Crippen LogP contribution in [0.3, 0.4) is 0 Å². The number of ether oxygens (including phenoxy) is 1. The molecular formula is C14H23N3O2. The highest BCUT2D eigenvalue weighted by atomic mass is 16.5. The predicted molar refractivity (Wildman–Crippen MR) is 75.1 cm³/mol. The summed E-state index contributed by atoms with van der Waals surface area (Å²) >= 11 is 0. The van der Waals surface area contributed by atoms with Gasteiger partial charge in [-0.25, -0.2) is 0 Å². The summed E-state index contributed by atoms with van der Waals surface area (Å²) in [6.07, 6.45) is 0. The van der Waals surface area contributed by atoms with E-state index in [9.17, 15) is 4.79 Å². The standard InChI is InChI=1S/C14H23N3O2/c1-10(2)17(5)14(18)9-19-13-7-6-11(3)16-12(13)8-15-4/h6-7,10,15H,8-9H2,1-5H3. The molecule has 1 N–H and O–H groups in total. The zero-order chi connectivity index (χ0) is 14.4. The van der Waals surface area contributed by atoms with Crippen molar-refractivity contribution in [1.82, 2.24) is 15.2 Å². The second-order valence-corrected chi connectivity index (χ2v) is 4.81. The van der Waals surface area contributed by atoms with Crippen molar-refractivity contribution in [3.63, 3.8) is 0 Å². The number of aryl methyl sites for hydroxylation is 1. The summed E-state index contributed by atoms with van der Waals surface area (Å²) in [6, 6.07) is 3.91. The summed E-state index contributed by atoms with van der Waals surface area (Å²) < 4.78 is 5.58. The molecule has 1 aromatic heterocycles. The van der Waals surface area contributed by atoms with E-state index >= 15 is 0 Å². The lowest BCUT2D eigenvalue weighted by atomic mass is 10.3. The average Bonchev–Trinajstić information content (AvgIpc) is 2.36. The van der Waals surface area contributed by atoms with Gasteiger partial charge < -0.3 is 15.0 Å². The first-order valence-electron chi connectivity index (χ1n) is 6.45. The van der Waals surface area contributed by atoms with E-state index in [4.69, 9.17) is 4.74 Å². The topological polar surface area (TPSA) is 54.5 Å². The van der Waals surface area contributed by atoms with Crippen LogP contribution in [-0.4, -0.2) is 42.5 Å². The van der Waals surface area contributed by atoms with E-state index in [1.54, 1.807) is 11.9 Å². The summed E-state index contributed by atoms with van der Waals surface area (Å²) in [5.74, 6) is 0.622. The van der Waals surface area contributed by atoms with Crippen LogP contribution in [0.1, 0.15) is 25.2 Å². The van der Waals surface area contributed by atoms with E-state index in [2.05, 4.69) is 10.3 Å². The molecule has 106 valence electrons. The number of nitrogens with one attached hydrogen (secondary N) is 1. The lowest BCUT2D eigenvalue weighted by Gasteiger charge is -2.21. The number of hydrogen-bond donors (Lipinski definition) is 1. The quantitative estimate of drug-likeness (QED) is 0.843. The van der Waals surface area contributed by atoms with Gasteiger partial charge in [-0.15, -0.1) is 0 Å². The van der Waals surface area contributed by atoms with Crippen molar-refractivity contribution >= 4 is 5.91 Å². The average molecular weight is 265 g/mol. The molecule has 0 atom stereocenters. The van der Waals surface area contributed by atoms with Crippen molar-refractivity contribution in [3.8, 4) is 5.75 Å². The zero-order valence-corrected chi connectivity index (χ0v) is 12.4. The van der Waals surface area contributed by atoms with Crippen LogP contribution in [-0.2, 0) is 11.3 Å². The van der Waals surface area contributed by atoms with Crippen LogP contribution in [0.5, 0.6) is 5.75 Å².